The number of benzene rings is 1. The zero-order valence-electron chi connectivity index (χ0n) is 8.64. The van der Waals surface area contributed by atoms with Crippen LogP contribution in [0.15, 0.2) is 30.6 Å². The molecular formula is C11H10ClN3O. The maximum absolute atomic E-state index is 5.87. The zero-order chi connectivity index (χ0) is 11.5. The molecule has 0 bridgehead atoms. The number of hydrogen-bond donors (Lipinski definition) is 1. The highest BCUT2D eigenvalue weighted by Crippen LogP contribution is 2.26. The molecule has 0 fully saturated rings. The van der Waals surface area contributed by atoms with Gasteiger partial charge in [0, 0.05) is 5.02 Å². The van der Waals surface area contributed by atoms with Crippen molar-refractivity contribution in [3.8, 4) is 11.6 Å². The van der Waals surface area contributed by atoms with Crippen molar-refractivity contribution in [3.05, 3.63) is 41.2 Å². The summed E-state index contributed by atoms with van der Waals surface area (Å²) in [6, 6.07) is 5.40. The molecule has 0 saturated carbocycles. The van der Waals surface area contributed by atoms with Crippen LogP contribution in [-0.2, 0) is 0 Å². The third kappa shape index (κ3) is 2.41. The molecule has 0 unspecified atom stereocenters. The maximum Gasteiger partial charge on any atom is 0.239 e. The second kappa shape index (κ2) is 4.37. The third-order valence-electron chi connectivity index (χ3n) is 2.00. The standard InChI is InChI=1S/C11H10ClN3O/c1-7-2-3-8(12)4-9(7)16-11-6-14-5-10(13)15-11/h2-6H,1H3,(H2,13,15). The van der Waals surface area contributed by atoms with Crippen LogP contribution in [-0.4, -0.2) is 9.97 Å². The van der Waals surface area contributed by atoms with Gasteiger partial charge in [0.1, 0.15) is 11.6 Å². The van der Waals surface area contributed by atoms with Crippen molar-refractivity contribution in [1.82, 2.24) is 9.97 Å². The Hall–Kier alpha value is -1.81. The first-order valence-electron chi connectivity index (χ1n) is 4.66. The van der Waals surface area contributed by atoms with E-state index in [-0.39, 0.29) is 0 Å². The quantitative estimate of drug-likeness (QED) is 0.870. The van der Waals surface area contributed by atoms with E-state index in [4.69, 9.17) is 22.1 Å². The molecule has 82 valence electrons. The van der Waals surface area contributed by atoms with Gasteiger partial charge in [-0.3, -0.25) is 4.98 Å². The van der Waals surface area contributed by atoms with E-state index in [9.17, 15) is 0 Å². The predicted octanol–water partition coefficient (Wildman–Crippen LogP) is 2.81. The zero-order valence-corrected chi connectivity index (χ0v) is 9.40. The van der Waals surface area contributed by atoms with E-state index in [1.54, 1.807) is 12.1 Å². The molecule has 0 aliphatic heterocycles. The van der Waals surface area contributed by atoms with Crippen molar-refractivity contribution < 1.29 is 4.74 Å². The minimum atomic E-state index is 0.317. The number of nitrogens with zero attached hydrogens (tertiary/aromatic N) is 2. The molecule has 0 amide bonds. The molecule has 1 heterocycles. The predicted molar refractivity (Wildman–Crippen MR) is 62.7 cm³/mol. The lowest BCUT2D eigenvalue weighted by Crippen LogP contribution is -1.95. The highest BCUT2D eigenvalue weighted by atomic mass is 35.5. The van der Waals surface area contributed by atoms with E-state index in [1.165, 1.54) is 12.4 Å². The van der Waals surface area contributed by atoms with Crippen molar-refractivity contribution in [2.45, 2.75) is 6.92 Å². The van der Waals surface area contributed by atoms with E-state index < -0.39 is 0 Å². The number of anilines is 1. The van der Waals surface area contributed by atoms with Crippen LogP contribution in [0.4, 0.5) is 5.82 Å². The van der Waals surface area contributed by atoms with Crippen molar-refractivity contribution in [3.63, 3.8) is 0 Å². The Kier molecular flexibility index (Phi) is 2.92. The largest absolute Gasteiger partial charge is 0.437 e. The average molecular weight is 236 g/mol. The van der Waals surface area contributed by atoms with Gasteiger partial charge in [-0.25, -0.2) is 0 Å². The lowest BCUT2D eigenvalue weighted by atomic mass is 10.2. The molecule has 0 spiro atoms. The van der Waals surface area contributed by atoms with Crippen LogP contribution >= 0.6 is 11.6 Å². The summed E-state index contributed by atoms with van der Waals surface area (Å²) in [6.07, 6.45) is 2.95. The summed E-state index contributed by atoms with van der Waals surface area (Å²) in [5.41, 5.74) is 6.47. The molecule has 0 radical (unpaired) electrons. The van der Waals surface area contributed by atoms with Crippen LogP contribution in [0.2, 0.25) is 5.02 Å². The van der Waals surface area contributed by atoms with Gasteiger partial charge in [0.15, 0.2) is 0 Å². The van der Waals surface area contributed by atoms with Gasteiger partial charge in [0.25, 0.3) is 0 Å². The van der Waals surface area contributed by atoms with Crippen LogP contribution in [0, 0.1) is 6.92 Å². The Bertz CT molecular complexity index is 516. The SMILES string of the molecule is Cc1ccc(Cl)cc1Oc1cncc(N)n1. The molecule has 1 aromatic carbocycles. The van der Waals surface area contributed by atoms with Crippen LogP contribution in [0.3, 0.4) is 0 Å². The monoisotopic (exact) mass is 235 g/mol. The highest BCUT2D eigenvalue weighted by Gasteiger charge is 2.04. The highest BCUT2D eigenvalue weighted by molar-refractivity contribution is 6.30. The number of aryl methyl sites for hydroxylation is 1. The van der Waals surface area contributed by atoms with E-state index in [0.717, 1.165) is 5.56 Å². The number of ether oxygens (including phenoxy) is 1. The number of hydrogen-bond acceptors (Lipinski definition) is 4. The first-order chi connectivity index (χ1) is 7.65. The number of nitrogen functional groups attached to an aromatic ring is 1. The normalized spacial score (nSPS) is 10.1. The molecule has 0 aliphatic rings. The summed E-state index contributed by atoms with van der Waals surface area (Å²) in [5.74, 6) is 1.31. The fraction of sp³-hybridized carbons (Fsp3) is 0.0909. The lowest BCUT2D eigenvalue weighted by Gasteiger charge is -2.07. The Morgan fingerprint density at radius 3 is 2.88 bits per heavy atom. The Morgan fingerprint density at radius 1 is 1.31 bits per heavy atom. The van der Waals surface area contributed by atoms with Gasteiger partial charge in [0.2, 0.25) is 5.88 Å². The van der Waals surface area contributed by atoms with E-state index in [2.05, 4.69) is 9.97 Å². The van der Waals surface area contributed by atoms with E-state index in [0.29, 0.717) is 22.5 Å². The fourth-order valence-electron chi connectivity index (χ4n) is 1.21. The van der Waals surface area contributed by atoms with Gasteiger partial charge in [-0.15, -0.1) is 0 Å². The van der Waals surface area contributed by atoms with Crippen LogP contribution in [0.5, 0.6) is 11.6 Å². The van der Waals surface area contributed by atoms with Gasteiger partial charge < -0.3 is 10.5 Å². The minimum absolute atomic E-state index is 0.317. The first-order valence-corrected chi connectivity index (χ1v) is 5.04. The van der Waals surface area contributed by atoms with Crippen LogP contribution in [0.25, 0.3) is 0 Å². The molecule has 0 aliphatic carbocycles. The minimum Gasteiger partial charge on any atom is -0.437 e. The van der Waals surface area contributed by atoms with E-state index >= 15 is 0 Å². The van der Waals surface area contributed by atoms with Crippen molar-refractivity contribution in [1.29, 1.82) is 0 Å². The summed E-state index contributed by atoms with van der Waals surface area (Å²) < 4.78 is 5.53. The third-order valence-corrected chi connectivity index (χ3v) is 2.23. The maximum atomic E-state index is 5.87. The number of aromatic nitrogens is 2. The van der Waals surface area contributed by atoms with Gasteiger partial charge in [0.05, 0.1) is 12.4 Å². The summed E-state index contributed by atoms with van der Waals surface area (Å²) in [4.78, 5) is 7.88. The smallest absolute Gasteiger partial charge is 0.239 e. The van der Waals surface area contributed by atoms with E-state index in [1.807, 2.05) is 13.0 Å². The Balaban J connectivity index is 2.30. The summed E-state index contributed by atoms with van der Waals surface area (Å²) >= 11 is 5.87. The molecule has 2 N–H and O–H groups in total. The lowest BCUT2D eigenvalue weighted by molar-refractivity contribution is 0.458. The Morgan fingerprint density at radius 2 is 2.12 bits per heavy atom. The second-order valence-corrected chi connectivity index (χ2v) is 3.73. The molecule has 4 nitrogen and oxygen atoms in total. The Labute approximate surface area is 98.0 Å². The molecule has 0 atom stereocenters. The van der Waals surface area contributed by atoms with Crippen LogP contribution < -0.4 is 10.5 Å². The topological polar surface area (TPSA) is 61.0 Å². The fourth-order valence-corrected chi connectivity index (χ4v) is 1.37. The summed E-state index contributed by atoms with van der Waals surface area (Å²) in [7, 11) is 0. The van der Waals surface area contributed by atoms with Gasteiger partial charge >= 0.3 is 0 Å². The first kappa shape index (κ1) is 10.7. The molecule has 2 aromatic rings. The van der Waals surface area contributed by atoms with Gasteiger partial charge in [-0.05, 0) is 24.6 Å². The van der Waals surface area contributed by atoms with Gasteiger partial charge in [-0.1, -0.05) is 17.7 Å². The van der Waals surface area contributed by atoms with Crippen molar-refractivity contribution in [2.75, 3.05) is 5.73 Å². The molecule has 5 heteroatoms. The number of nitrogens with two attached hydrogens (primary N) is 1. The van der Waals surface area contributed by atoms with Crippen LogP contribution in [0.1, 0.15) is 5.56 Å². The molecule has 0 saturated heterocycles. The molecule has 2 rings (SSSR count). The van der Waals surface area contributed by atoms with Gasteiger partial charge in [-0.2, -0.15) is 4.98 Å². The average Bonchev–Trinajstić information content (AvgIpc) is 2.24. The van der Waals surface area contributed by atoms with Crippen molar-refractivity contribution in [2.24, 2.45) is 0 Å². The molecule has 16 heavy (non-hydrogen) atoms. The molecule has 1 aromatic heterocycles. The van der Waals surface area contributed by atoms with Crippen molar-refractivity contribution >= 4 is 17.4 Å². The number of rotatable bonds is 2. The second-order valence-electron chi connectivity index (χ2n) is 3.29. The number of halogens is 1. The summed E-state index contributed by atoms with van der Waals surface area (Å²) in [5, 5.41) is 0.609. The molecular weight excluding hydrogens is 226 g/mol. The summed E-state index contributed by atoms with van der Waals surface area (Å²) in [6.45, 7) is 1.92.